The predicted molar refractivity (Wildman–Crippen MR) is 71.4 cm³/mol. The molecule has 3 nitrogen and oxygen atoms in total. The third kappa shape index (κ3) is 2.66. The number of halogens is 2. The monoisotopic (exact) mass is 315 g/mol. The number of hydrogen-bond acceptors (Lipinski definition) is 2. The molecule has 5 heteroatoms. The van der Waals surface area contributed by atoms with Gasteiger partial charge in [0.25, 0.3) is 0 Å². The first-order chi connectivity index (χ1) is 8.28. The van der Waals surface area contributed by atoms with Gasteiger partial charge in [-0.25, -0.2) is 9.18 Å². The van der Waals surface area contributed by atoms with Crippen LogP contribution in [0.5, 0.6) is 0 Å². The van der Waals surface area contributed by atoms with Crippen molar-refractivity contribution < 1.29 is 13.9 Å². The van der Waals surface area contributed by atoms with Crippen LogP contribution in [-0.2, 0) is 11.2 Å². The van der Waals surface area contributed by atoms with E-state index < -0.39 is 11.7 Å². The Morgan fingerprint density at radius 3 is 2.72 bits per heavy atom. The van der Waals surface area contributed by atoms with Crippen molar-refractivity contribution in [1.29, 1.82) is 0 Å². The van der Waals surface area contributed by atoms with Crippen LogP contribution < -0.4 is 4.90 Å². The highest BCUT2D eigenvalue weighted by molar-refractivity contribution is 9.10. The smallest absolute Gasteiger partial charge is 0.414 e. The molecule has 0 spiro atoms. The number of fused-ring (bicyclic) bond motifs is 1. The number of carbonyl (C=O) groups excluding carboxylic acids is 1. The van der Waals surface area contributed by atoms with Crippen LogP contribution in [-0.4, -0.2) is 18.2 Å². The molecule has 0 unspecified atom stereocenters. The maximum Gasteiger partial charge on any atom is 0.414 e. The number of ether oxygens (including phenoxy) is 1. The van der Waals surface area contributed by atoms with Crippen LogP contribution in [0.1, 0.15) is 26.3 Å². The minimum absolute atomic E-state index is 0.365. The second-order valence-electron chi connectivity index (χ2n) is 5.27. The van der Waals surface area contributed by atoms with Crippen LogP contribution >= 0.6 is 15.9 Å². The lowest BCUT2D eigenvalue weighted by Crippen LogP contribution is -2.35. The van der Waals surface area contributed by atoms with Gasteiger partial charge in [-0.15, -0.1) is 0 Å². The molecule has 1 aromatic rings. The number of hydrogen-bond donors (Lipinski definition) is 0. The largest absolute Gasteiger partial charge is 0.443 e. The molecule has 0 atom stereocenters. The minimum Gasteiger partial charge on any atom is -0.443 e. The van der Waals surface area contributed by atoms with Crippen molar-refractivity contribution in [2.45, 2.75) is 32.8 Å². The Kier molecular flexibility index (Phi) is 3.36. The van der Waals surface area contributed by atoms with E-state index in [9.17, 15) is 9.18 Å². The van der Waals surface area contributed by atoms with Gasteiger partial charge < -0.3 is 4.74 Å². The van der Waals surface area contributed by atoms with Gasteiger partial charge in [0.2, 0.25) is 0 Å². The molecule has 0 fully saturated rings. The van der Waals surface area contributed by atoms with Crippen molar-refractivity contribution >= 4 is 27.7 Å². The molecule has 0 aliphatic carbocycles. The number of anilines is 1. The Morgan fingerprint density at radius 2 is 2.11 bits per heavy atom. The van der Waals surface area contributed by atoms with Gasteiger partial charge in [0.1, 0.15) is 11.4 Å². The Labute approximate surface area is 114 Å². The molecule has 1 heterocycles. The maximum absolute atomic E-state index is 13.4. The molecule has 1 aliphatic rings. The van der Waals surface area contributed by atoms with E-state index in [2.05, 4.69) is 15.9 Å². The molecule has 0 aromatic heterocycles. The predicted octanol–water partition coefficient (Wildman–Crippen LogP) is 3.89. The van der Waals surface area contributed by atoms with E-state index in [1.807, 2.05) is 20.8 Å². The second-order valence-corrected chi connectivity index (χ2v) is 6.12. The van der Waals surface area contributed by atoms with E-state index in [1.54, 1.807) is 0 Å². The average molecular weight is 316 g/mol. The zero-order valence-corrected chi connectivity index (χ0v) is 12.2. The fourth-order valence-corrected chi connectivity index (χ4v) is 2.55. The first-order valence-electron chi connectivity index (χ1n) is 5.76. The highest BCUT2D eigenvalue weighted by Crippen LogP contribution is 2.35. The van der Waals surface area contributed by atoms with Crippen LogP contribution in [0.2, 0.25) is 0 Å². The average Bonchev–Trinajstić information content (AvgIpc) is 2.58. The van der Waals surface area contributed by atoms with Crippen molar-refractivity contribution in [3.8, 4) is 0 Å². The summed E-state index contributed by atoms with van der Waals surface area (Å²) in [5, 5.41) is 0. The number of rotatable bonds is 0. The molecule has 0 saturated heterocycles. The summed E-state index contributed by atoms with van der Waals surface area (Å²) in [6.45, 7) is 5.95. The van der Waals surface area contributed by atoms with Crippen molar-refractivity contribution in [2.24, 2.45) is 0 Å². The topological polar surface area (TPSA) is 29.5 Å². The Balaban J connectivity index is 2.29. The van der Waals surface area contributed by atoms with Crippen LogP contribution in [0.15, 0.2) is 16.6 Å². The van der Waals surface area contributed by atoms with Gasteiger partial charge in [-0.3, -0.25) is 4.90 Å². The van der Waals surface area contributed by atoms with E-state index in [0.29, 0.717) is 23.1 Å². The van der Waals surface area contributed by atoms with Crippen LogP contribution in [0, 0.1) is 5.82 Å². The lowest BCUT2D eigenvalue weighted by atomic mass is 10.2. The van der Waals surface area contributed by atoms with Crippen molar-refractivity contribution in [3.63, 3.8) is 0 Å². The molecule has 98 valence electrons. The lowest BCUT2D eigenvalue weighted by Gasteiger charge is -2.24. The van der Waals surface area contributed by atoms with Gasteiger partial charge in [-0.05, 0) is 44.9 Å². The summed E-state index contributed by atoms with van der Waals surface area (Å²) in [5.41, 5.74) is 0.989. The number of carbonyl (C=O) groups is 1. The van der Waals surface area contributed by atoms with Crippen LogP contribution in [0.4, 0.5) is 14.9 Å². The molecule has 0 radical (unpaired) electrons. The quantitative estimate of drug-likeness (QED) is 0.727. The molecular weight excluding hydrogens is 301 g/mol. The molecule has 1 aromatic carbocycles. The van der Waals surface area contributed by atoms with Gasteiger partial charge in [0.15, 0.2) is 0 Å². The molecule has 0 saturated carbocycles. The van der Waals surface area contributed by atoms with E-state index >= 15 is 0 Å². The summed E-state index contributed by atoms with van der Waals surface area (Å²) in [6.07, 6.45) is 0.272. The number of nitrogens with zero attached hydrogens (tertiary/aromatic N) is 1. The van der Waals surface area contributed by atoms with E-state index in [1.165, 1.54) is 17.0 Å². The van der Waals surface area contributed by atoms with Crippen molar-refractivity contribution in [1.82, 2.24) is 0 Å². The molecule has 0 N–H and O–H groups in total. The Hall–Kier alpha value is -1.10. The summed E-state index contributed by atoms with van der Waals surface area (Å²) in [5.74, 6) is -0.365. The maximum atomic E-state index is 13.4. The summed E-state index contributed by atoms with van der Waals surface area (Å²) < 4.78 is 19.4. The molecule has 1 amide bonds. The third-order valence-corrected chi connectivity index (χ3v) is 3.33. The van der Waals surface area contributed by atoms with Gasteiger partial charge in [0.05, 0.1) is 5.69 Å². The van der Waals surface area contributed by atoms with Gasteiger partial charge in [-0.2, -0.15) is 0 Å². The first kappa shape index (κ1) is 13.3. The minimum atomic E-state index is -0.551. The van der Waals surface area contributed by atoms with Crippen LogP contribution in [0.25, 0.3) is 0 Å². The molecular formula is C13H15BrFNO2. The highest BCUT2D eigenvalue weighted by atomic mass is 79.9. The van der Waals surface area contributed by atoms with E-state index in [4.69, 9.17) is 4.74 Å². The number of amides is 1. The fourth-order valence-electron chi connectivity index (χ4n) is 1.93. The van der Waals surface area contributed by atoms with Gasteiger partial charge >= 0.3 is 6.09 Å². The second kappa shape index (κ2) is 4.53. The normalized spacial score (nSPS) is 14.6. The molecule has 1 aliphatic heterocycles. The third-order valence-electron chi connectivity index (χ3n) is 2.63. The van der Waals surface area contributed by atoms with E-state index in [0.717, 1.165) is 5.56 Å². The van der Waals surface area contributed by atoms with E-state index in [-0.39, 0.29) is 5.82 Å². The van der Waals surface area contributed by atoms with Crippen LogP contribution in [0.3, 0.4) is 0 Å². The molecule has 2 rings (SSSR count). The number of benzene rings is 1. The summed E-state index contributed by atoms with van der Waals surface area (Å²) >= 11 is 3.32. The van der Waals surface area contributed by atoms with Crippen molar-refractivity contribution in [3.05, 3.63) is 28.0 Å². The molecule has 0 bridgehead atoms. The molecule has 18 heavy (non-hydrogen) atoms. The SMILES string of the molecule is CC(C)(C)OC(=O)N1CCc2c(Br)cc(F)cc21. The summed E-state index contributed by atoms with van der Waals surface area (Å²) in [6, 6.07) is 2.79. The van der Waals surface area contributed by atoms with Crippen molar-refractivity contribution in [2.75, 3.05) is 11.4 Å². The van der Waals surface area contributed by atoms with Gasteiger partial charge in [0, 0.05) is 11.0 Å². The lowest BCUT2D eigenvalue weighted by molar-refractivity contribution is 0.0584. The Bertz CT molecular complexity index is 496. The summed E-state index contributed by atoms with van der Waals surface area (Å²) in [7, 11) is 0. The first-order valence-corrected chi connectivity index (χ1v) is 6.56. The zero-order valence-electron chi connectivity index (χ0n) is 10.6. The fraction of sp³-hybridized carbons (Fsp3) is 0.462. The zero-order chi connectivity index (χ0) is 13.5. The highest BCUT2D eigenvalue weighted by Gasteiger charge is 2.30. The van der Waals surface area contributed by atoms with Gasteiger partial charge in [-0.1, -0.05) is 15.9 Å². The Morgan fingerprint density at radius 1 is 1.44 bits per heavy atom. The summed E-state index contributed by atoms with van der Waals surface area (Å²) in [4.78, 5) is 13.5. The standard InChI is InChI=1S/C13H15BrFNO2/c1-13(2,3)18-12(17)16-5-4-9-10(14)6-8(15)7-11(9)16/h6-7H,4-5H2,1-3H3.